The van der Waals surface area contributed by atoms with Gasteiger partial charge in [-0.25, -0.2) is 4.79 Å². The third-order valence-corrected chi connectivity index (χ3v) is 5.04. The largest absolute Gasteiger partial charge is 0.489 e. The predicted octanol–water partition coefficient (Wildman–Crippen LogP) is 2.88. The van der Waals surface area contributed by atoms with E-state index in [9.17, 15) is 4.79 Å². The Labute approximate surface area is 163 Å². The average molecular weight is 389 g/mol. The van der Waals surface area contributed by atoms with Crippen LogP contribution in [0.5, 0.6) is 11.6 Å². The molecule has 3 heterocycles. The normalized spacial score (nSPS) is 16.6. The van der Waals surface area contributed by atoms with E-state index in [2.05, 4.69) is 9.88 Å². The van der Waals surface area contributed by atoms with E-state index in [1.54, 1.807) is 24.1 Å². The summed E-state index contributed by atoms with van der Waals surface area (Å²) in [4.78, 5) is 23.3. The molecule has 0 unspecified atom stereocenters. The second-order valence-electron chi connectivity index (χ2n) is 6.41. The summed E-state index contributed by atoms with van der Waals surface area (Å²) in [6.07, 6.45) is 0. The summed E-state index contributed by atoms with van der Waals surface area (Å²) in [5, 5.41) is 0.599. The standard InChI is InChI=1S/C19H21ClN4O3/c1-26-18-4-2-3-17(21-18)22-7-9-23(10-8-22)19(25)24-11-12-27-16-13-14(20)5-6-15(16)24/h2-6,13H,7-12H2,1H3. The molecule has 0 radical (unpaired) electrons. The summed E-state index contributed by atoms with van der Waals surface area (Å²) in [5.74, 6) is 2.11. The second kappa shape index (κ2) is 7.52. The summed E-state index contributed by atoms with van der Waals surface area (Å²) in [6, 6.07) is 11.1. The lowest BCUT2D eigenvalue weighted by Gasteiger charge is -2.39. The van der Waals surface area contributed by atoms with Gasteiger partial charge in [0, 0.05) is 43.3 Å². The first-order valence-corrected chi connectivity index (χ1v) is 9.28. The number of piperazine rings is 1. The average Bonchev–Trinajstić information content (AvgIpc) is 2.72. The molecule has 2 amide bonds. The van der Waals surface area contributed by atoms with Gasteiger partial charge in [0.2, 0.25) is 5.88 Å². The highest BCUT2D eigenvalue weighted by Gasteiger charge is 2.30. The van der Waals surface area contributed by atoms with Crippen LogP contribution < -0.4 is 19.3 Å². The number of nitrogens with zero attached hydrogens (tertiary/aromatic N) is 4. The Morgan fingerprint density at radius 2 is 1.96 bits per heavy atom. The number of hydrogen-bond donors (Lipinski definition) is 0. The molecule has 0 bridgehead atoms. The van der Waals surface area contributed by atoms with Gasteiger partial charge in [0.15, 0.2) is 0 Å². The summed E-state index contributed by atoms with van der Waals surface area (Å²) in [6.45, 7) is 3.72. The highest BCUT2D eigenvalue weighted by molar-refractivity contribution is 6.30. The van der Waals surface area contributed by atoms with Gasteiger partial charge in [-0.15, -0.1) is 0 Å². The van der Waals surface area contributed by atoms with Crippen molar-refractivity contribution in [3.8, 4) is 11.6 Å². The molecule has 4 rings (SSSR count). The highest BCUT2D eigenvalue weighted by Crippen LogP contribution is 2.34. The number of urea groups is 1. The molecule has 7 nitrogen and oxygen atoms in total. The van der Waals surface area contributed by atoms with Crippen LogP contribution in [0, 0.1) is 0 Å². The molecule has 1 fully saturated rings. The third-order valence-electron chi connectivity index (χ3n) is 4.81. The SMILES string of the molecule is COc1cccc(N2CCN(C(=O)N3CCOc4cc(Cl)ccc43)CC2)n1. The lowest BCUT2D eigenvalue weighted by molar-refractivity contribution is 0.196. The number of benzene rings is 1. The minimum absolute atomic E-state index is 0.000115. The Kier molecular flexibility index (Phi) is 4.94. The first kappa shape index (κ1) is 17.7. The van der Waals surface area contributed by atoms with Gasteiger partial charge >= 0.3 is 6.03 Å². The summed E-state index contributed by atoms with van der Waals surface area (Å²) in [7, 11) is 1.61. The van der Waals surface area contributed by atoms with Gasteiger partial charge in [0.25, 0.3) is 0 Å². The second-order valence-corrected chi connectivity index (χ2v) is 6.84. The predicted molar refractivity (Wildman–Crippen MR) is 104 cm³/mol. The van der Waals surface area contributed by atoms with Crippen molar-refractivity contribution in [2.75, 3.05) is 56.2 Å². The maximum Gasteiger partial charge on any atom is 0.324 e. The lowest BCUT2D eigenvalue weighted by Crippen LogP contribution is -2.54. The number of halogens is 1. The monoisotopic (exact) mass is 388 g/mol. The Morgan fingerprint density at radius 1 is 1.15 bits per heavy atom. The van der Waals surface area contributed by atoms with Gasteiger partial charge in [-0.3, -0.25) is 4.90 Å². The minimum Gasteiger partial charge on any atom is -0.489 e. The van der Waals surface area contributed by atoms with Crippen molar-refractivity contribution in [2.24, 2.45) is 0 Å². The smallest absolute Gasteiger partial charge is 0.324 e. The number of rotatable bonds is 2. The zero-order chi connectivity index (χ0) is 18.8. The van der Waals surface area contributed by atoms with E-state index in [1.807, 2.05) is 29.2 Å². The molecule has 1 saturated heterocycles. The maximum absolute atomic E-state index is 13.1. The Morgan fingerprint density at radius 3 is 2.74 bits per heavy atom. The fourth-order valence-electron chi connectivity index (χ4n) is 3.38. The van der Waals surface area contributed by atoms with Crippen LogP contribution in [0.2, 0.25) is 5.02 Å². The van der Waals surface area contributed by atoms with Gasteiger partial charge in [-0.05, 0) is 18.2 Å². The molecule has 0 N–H and O–H groups in total. The number of fused-ring (bicyclic) bond motifs is 1. The van der Waals surface area contributed by atoms with Gasteiger partial charge in [0.05, 0.1) is 19.3 Å². The van der Waals surface area contributed by atoms with Crippen LogP contribution in [0.15, 0.2) is 36.4 Å². The van der Waals surface area contributed by atoms with E-state index >= 15 is 0 Å². The van der Waals surface area contributed by atoms with E-state index < -0.39 is 0 Å². The first-order valence-electron chi connectivity index (χ1n) is 8.90. The van der Waals surface area contributed by atoms with E-state index in [1.165, 1.54) is 0 Å². The van der Waals surface area contributed by atoms with Crippen molar-refractivity contribution in [2.45, 2.75) is 0 Å². The van der Waals surface area contributed by atoms with E-state index in [4.69, 9.17) is 21.1 Å². The van der Waals surface area contributed by atoms with E-state index in [-0.39, 0.29) is 6.03 Å². The molecule has 2 aliphatic rings. The molecular weight excluding hydrogens is 368 g/mol. The molecule has 27 heavy (non-hydrogen) atoms. The highest BCUT2D eigenvalue weighted by atomic mass is 35.5. The summed E-state index contributed by atoms with van der Waals surface area (Å²) < 4.78 is 10.8. The van der Waals surface area contributed by atoms with Crippen LogP contribution in [-0.2, 0) is 0 Å². The Balaban J connectivity index is 1.44. The molecule has 1 aromatic heterocycles. The molecule has 142 valence electrons. The van der Waals surface area contributed by atoms with Crippen LogP contribution in [0.4, 0.5) is 16.3 Å². The number of ether oxygens (including phenoxy) is 2. The van der Waals surface area contributed by atoms with Gasteiger partial charge in [-0.1, -0.05) is 17.7 Å². The number of carbonyl (C=O) groups is 1. The van der Waals surface area contributed by atoms with E-state index in [0.717, 1.165) is 24.6 Å². The van der Waals surface area contributed by atoms with Gasteiger partial charge < -0.3 is 19.3 Å². The molecule has 0 aliphatic carbocycles. The molecule has 2 aliphatic heterocycles. The molecule has 1 aromatic carbocycles. The third kappa shape index (κ3) is 3.60. The Bertz CT molecular complexity index is 839. The zero-order valence-electron chi connectivity index (χ0n) is 15.1. The van der Waals surface area contributed by atoms with Gasteiger partial charge in [-0.2, -0.15) is 4.98 Å². The lowest BCUT2D eigenvalue weighted by atomic mass is 10.2. The number of pyridine rings is 1. The number of methoxy groups -OCH3 is 1. The van der Waals surface area contributed by atoms with Gasteiger partial charge in [0.1, 0.15) is 18.2 Å². The number of hydrogen-bond acceptors (Lipinski definition) is 5. The topological polar surface area (TPSA) is 58.1 Å². The molecule has 0 atom stereocenters. The van der Waals surface area contributed by atoms with Crippen LogP contribution in [0.3, 0.4) is 0 Å². The summed E-state index contributed by atoms with van der Waals surface area (Å²) >= 11 is 6.03. The molecular formula is C19H21ClN4O3. The first-order chi connectivity index (χ1) is 13.2. The van der Waals surface area contributed by atoms with Crippen molar-refractivity contribution in [1.82, 2.24) is 9.88 Å². The van der Waals surface area contributed by atoms with Crippen LogP contribution in [0.25, 0.3) is 0 Å². The molecule has 0 saturated carbocycles. The molecule has 2 aromatic rings. The maximum atomic E-state index is 13.1. The zero-order valence-corrected chi connectivity index (χ0v) is 15.9. The van der Waals surface area contributed by atoms with Crippen LogP contribution in [-0.4, -0.2) is 62.4 Å². The van der Waals surface area contributed by atoms with Crippen molar-refractivity contribution in [3.05, 3.63) is 41.4 Å². The Hall–Kier alpha value is -2.67. The van der Waals surface area contributed by atoms with Crippen molar-refractivity contribution in [3.63, 3.8) is 0 Å². The van der Waals surface area contributed by atoms with Crippen molar-refractivity contribution in [1.29, 1.82) is 0 Å². The van der Waals surface area contributed by atoms with Crippen molar-refractivity contribution < 1.29 is 14.3 Å². The fraction of sp³-hybridized carbons (Fsp3) is 0.368. The number of carbonyl (C=O) groups excluding carboxylic acids is 1. The van der Waals surface area contributed by atoms with E-state index in [0.29, 0.717) is 42.9 Å². The van der Waals surface area contributed by atoms with Crippen LogP contribution in [0.1, 0.15) is 0 Å². The molecule has 8 heteroatoms. The number of anilines is 2. The molecule has 0 spiro atoms. The quantitative estimate of drug-likeness (QED) is 0.791. The number of aromatic nitrogens is 1. The number of amides is 2. The van der Waals surface area contributed by atoms with Crippen LogP contribution >= 0.6 is 11.6 Å². The minimum atomic E-state index is 0.000115. The van der Waals surface area contributed by atoms with Crippen molar-refractivity contribution >= 4 is 29.1 Å². The summed E-state index contributed by atoms with van der Waals surface area (Å²) in [5.41, 5.74) is 0.771. The fourth-order valence-corrected chi connectivity index (χ4v) is 3.55.